The molecule has 2 atom stereocenters. The number of anilines is 2. The minimum atomic E-state index is -3.75. The quantitative estimate of drug-likeness (QED) is 0.399. The lowest BCUT2D eigenvalue weighted by Gasteiger charge is -2.35. The van der Waals surface area contributed by atoms with E-state index in [1.54, 1.807) is 47.4 Å². The highest BCUT2D eigenvalue weighted by Gasteiger charge is 2.40. The van der Waals surface area contributed by atoms with E-state index in [0.29, 0.717) is 37.4 Å². The Morgan fingerprint density at radius 1 is 0.923 bits per heavy atom. The molecule has 9 heteroatoms. The van der Waals surface area contributed by atoms with E-state index in [-0.39, 0.29) is 10.8 Å². The van der Waals surface area contributed by atoms with Gasteiger partial charge in [0, 0.05) is 17.9 Å². The number of carbonyl (C=O) groups excluding carboxylic acids is 2. The summed E-state index contributed by atoms with van der Waals surface area (Å²) in [7, 11) is -3.75. The molecule has 0 bridgehead atoms. The Balaban J connectivity index is 1.61. The van der Waals surface area contributed by atoms with Crippen molar-refractivity contribution in [2.24, 2.45) is 11.8 Å². The van der Waals surface area contributed by atoms with Gasteiger partial charge < -0.3 is 15.0 Å². The number of nitrogens with one attached hydrogen (secondary N) is 2. The van der Waals surface area contributed by atoms with Gasteiger partial charge in [-0.05, 0) is 75.7 Å². The Morgan fingerprint density at radius 3 is 2.15 bits per heavy atom. The number of benzene rings is 3. The Morgan fingerprint density at radius 2 is 1.54 bits per heavy atom. The summed E-state index contributed by atoms with van der Waals surface area (Å²) in [6, 6.07) is 24.4. The summed E-state index contributed by atoms with van der Waals surface area (Å²) in [6.07, 6.45) is 0.503. The van der Waals surface area contributed by atoms with Crippen LogP contribution in [0.15, 0.2) is 89.8 Å². The first-order valence-corrected chi connectivity index (χ1v) is 14.5. The van der Waals surface area contributed by atoms with Gasteiger partial charge in [0.05, 0.1) is 23.3 Å². The van der Waals surface area contributed by atoms with E-state index in [2.05, 4.69) is 10.0 Å². The van der Waals surface area contributed by atoms with Crippen LogP contribution in [0.5, 0.6) is 0 Å². The third kappa shape index (κ3) is 7.46. The Labute approximate surface area is 230 Å². The molecular weight excluding hydrogens is 514 g/mol. The third-order valence-corrected chi connectivity index (χ3v) is 7.84. The van der Waals surface area contributed by atoms with Gasteiger partial charge in [0.1, 0.15) is 5.60 Å². The van der Waals surface area contributed by atoms with Gasteiger partial charge in [-0.15, -0.1) is 0 Å². The summed E-state index contributed by atoms with van der Waals surface area (Å²) in [5.74, 6) is -1.73. The van der Waals surface area contributed by atoms with Gasteiger partial charge in [-0.2, -0.15) is 0 Å². The Bertz CT molecular complexity index is 1370. The number of ether oxygens (including phenoxy) is 1. The molecule has 0 saturated carbocycles. The lowest BCUT2D eigenvalue weighted by Crippen LogP contribution is -2.50. The molecular formula is C30H35N3O5S. The zero-order valence-electron chi connectivity index (χ0n) is 22.5. The van der Waals surface area contributed by atoms with Crippen LogP contribution in [0.1, 0.15) is 32.8 Å². The fourth-order valence-corrected chi connectivity index (χ4v) is 5.64. The Kier molecular flexibility index (Phi) is 8.72. The van der Waals surface area contributed by atoms with Crippen LogP contribution in [0.4, 0.5) is 11.4 Å². The van der Waals surface area contributed by atoms with Crippen molar-refractivity contribution in [3.8, 4) is 0 Å². The zero-order chi connectivity index (χ0) is 28.0. The fraction of sp³-hybridized carbons (Fsp3) is 0.333. The third-order valence-electron chi connectivity index (χ3n) is 6.44. The standard InChI is InChI=1S/C30H35N3O5S/c1-30(2,3)38-29(35)27-20-31-19-18-26(27)28(34)33(21-22-10-6-4-7-11-22)24-16-14-23(15-17-24)32-39(36,37)25-12-8-5-9-13-25/h4-17,26-27,31-32H,18-21H2,1-3H3. The second kappa shape index (κ2) is 12.0. The minimum Gasteiger partial charge on any atom is -0.460 e. The molecule has 0 radical (unpaired) electrons. The predicted molar refractivity (Wildman–Crippen MR) is 152 cm³/mol. The summed E-state index contributed by atoms with van der Waals surface area (Å²) < 4.78 is 33.7. The van der Waals surface area contributed by atoms with Crippen LogP contribution in [0.2, 0.25) is 0 Å². The minimum absolute atomic E-state index is 0.161. The molecule has 8 nitrogen and oxygen atoms in total. The Hall–Kier alpha value is -3.69. The highest BCUT2D eigenvalue weighted by atomic mass is 32.2. The van der Waals surface area contributed by atoms with E-state index < -0.39 is 33.4 Å². The lowest BCUT2D eigenvalue weighted by molar-refractivity contribution is -0.164. The average Bonchev–Trinajstić information content (AvgIpc) is 2.92. The SMILES string of the molecule is CC(C)(C)OC(=O)C1CNCCC1C(=O)N(Cc1ccccc1)c1ccc(NS(=O)(=O)c2ccccc2)cc1. The normalized spacial score (nSPS) is 17.7. The van der Waals surface area contributed by atoms with Gasteiger partial charge in [-0.25, -0.2) is 8.42 Å². The molecule has 2 N–H and O–H groups in total. The molecule has 0 aliphatic carbocycles. The van der Waals surface area contributed by atoms with Crippen LogP contribution < -0.4 is 14.9 Å². The van der Waals surface area contributed by atoms with Crippen LogP contribution in [0, 0.1) is 11.8 Å². The van der Waals surface area contributed by atoms with Crippen molar-refractivity contribution in [3.63, 3.8) is 0 Å². The van der Waals surface area contributed by atoms with Crippen molar-refractivity contribution in [1.82, 2.24) is 5.32 Å². The van der Waals surface area contributed by atoms with Crippen LogP contribution in [0.3, 0.4) is 0 Å². The van der Waals surface area contributed by atoms with Gasteiger partial charge in [-0.3, -0.25) is 14.3 Å². The van der Waals surface area contributed by atoms with Crippen molar-refractivity contribution in [3.05, 3.63) is 90.5 Å². The summed E-state index contributed by atoms with van der Waals surface area (Å²) in [6.45, 7) is 6.73. The lowest BCUT2D eigenvalue weighted by atomic mass is 9.84. The molecule has 1 aliphatic heterocycles. The molecule has 2 unspecified atom stereocenters. The van der Waals surface area contributed by atoms with Crippen LogP contribution in [-0.2, 0) is 30.9 Å². The van der Waals surface area contributed by atoms with Crippen molar-refractivity contribution in [2.45, 2.75) is 44.2 Å². The molecule has 4 rings (SSSR count). The average molecular weight is 550 g/mol. The summed E-state index contributed by atoms with van der Waals surface area (Å²) >= 11 is 0. The molecule has 1 heterocycles. The zero-order valence-corrected chi connectivity index (χ0v) is 23.3. The topological polar surface area (TPSA) is 105 Å². The number of carbonyl (C=O) groups is 2. The van der Waals surface area contributed by atoms with E-state index in [4.69, 9.17) is 4.74 Å². The molecule has 1 fully saturated rings. The first kappa shape index (κ1) is 28.3. The van der Waals surface area contributed by atoms with E-state index >= 15 is 0 Å². The number of sulfonamides is 1. The van der Waals surface area contributed by atoms with Gasteiger partial charge >= 0.3 is 5.97 Å². The summed E-state index contributed by atoms with van der Waals surface area (Å²) in [4.78, 5) is 28.9. The molecule has 1 aliphatic rings. The number of hydrogen-bond acceptors (Lipinski definition) is 6. The van der Waals surface area contributed by atoms with Crippen LogP contribution in [0.25, 0.3) is 0 Å². The molecule has 3 aromatic carbocycles. The van der Waals surface area contributed by atoms with Crippen molar-refractivity contribution < 1.29 is 22.7 Å². The summed E-state index contributed by atoms with van der Waals surface area (Å²) in [5, 5.41) is 3.22. The number of nitrogens with zero attached hydrogens (tertiary/aromatic N) is 1. The molecule has 1 saturated heterocycles. The number of piperidine rings is 1. The molecule has 0 aromatic heterocycles. The molecule has 206 valence electrons. The maximum absolute atomic E-state index is 14.1. The molecule has 3 aromatic rings. The number of rotatable bonds is 8. The molecule has 0 spiro atoms. The molecule has 39 heavy (non-hydrogen) atoms. The second-order valence-corrected chi connectivity index (χ2v) is 12.3. The van der Waals surface area contributed by atoms with E-state index in [9.17, 15) is 18.0 Å². The van der Waals surface area contributed by atoms with Crippen molar-refractivity contribution in [1.29, 1.82) is 0 Å². The second-order valence-electron chi connectivity index (χ2n) is 10.6. The van der Waals surface area contributed by atoms with Gasteiger partial charge in [-0.1, -0.05) is 48.5 Å². The summed E-state index contributed by atoms with van der Waals surface area (Å²) in [5.41, 5.74) is 1.26. The van der Waals surface area contributed by atoms with E-state index in [0.717, 1.165) is 5.56 Å². The maximum Gasteiger partial charge on any atom is 0.311 e. The van der Waals surface area contributed by atoms with Crippen molar-refractivity contribution >= 4 is 33.3 Å². The first-order valence-electron chi connectivity index (χ1n) is 13.0. The number of esters is 1. The van der Waals surface area contributed by atoms with Crippen LogP contribution in [-0.4, -0.2) is 39.0 Å². The van der Waals surface area contributed by atoms with E-state index in [1.165, 1.54) is 12.1 Å². The monoisotopic (exact) mass is 549 g/mol. The number of amides is 1. The largest absolute Gasteiger partial charge is 0.460 e. The van der Waals surface area contributed by atoms with Gasteiger partial charge in [0.15, 0.2) is 0 Å². The van der Waals surface area contributed by atoms with Crippen molar-refractivity contribution in [2.75, 3.05) is 22.7 Å². The fourth-order valence-electron chi connectivity index (χ4n) is 4.56. The maximum atomic E-state index is 14.1. The number of hydrogen-bond donors (Lipinski definition) is 2. The smallest absolute Gasteiger partial charge is 0.311 e. The van der Waals surface area contributed by atoms with Gasteiger partial charge in [0.25, 0.3) is 10.0 Å². The van der Waals surface area contributed by atoms with E-state index in [1.807, 2.05) is 51.1 Å². The highest BCUT2D eigenvalue weighted by Crippen LogP contribution is 2.30. The highest BCUT2D eigenvalue weighted by molar-refractivity contribution is 7.92. The van der Waals surface area contributed by atoms with Gasteiger partial charge in [0.2, 0.25) is 5.91 Å². The predicted octanol–water partition coefficient (Wildman–Crippen LogP) is 4.59. The first-order chi connectivity index (χ1) is 18.5. The van der Waals surface area contributed by atoms with Crippen LogP contribution >= 0.6 is 0 Å². The molecule has 1 amide bonds.